The Bertz CT molecular complexity index is 1830. The number of fused-ring (bicyclic) bond motifs is 4. The summed E-state index contributed by atoms with van der Waals surface area (Å²) in [5.74, 6) is -5.60. The summed E-state index contributed by atoms with van der Waals surface area (Å²) >= 11 is 0. The summed E-state index contributed by atoms with van der Waals surface area (Å²) in [5, 5.41) is 48.1. The minimum Gasteiger partial charge on any atom is -0.491 e. The van der Waals surface area contributed by atoms with Crippen molar-refractivity contribution < 1.29 is 49.1 Å². The molecule has 14 heteroatoms. The van der Waals surface area contributed by atoms with Crippen LogP contribution in [0.5, 0.6) is 5.75 Å². The number of carbonyl (C=O) groups excluding carboxylic acids is 4. The Balaban J connectivity index is 1.30. The van der Waals surface area contributed by atoms with E-state index in [0.717, 1.165) is 20.9 Å². The van der Waals surface area contributed by atoms with Crippen molar-refractivity contribution >= 4 is 60.2 Å². The number of ether oxygens (including phenoxy) is 1. The van der Waals surface area contributed by atoms with Gasteiger partial charge < -0.3 is 29.9 Å². The number of anilines is 2. The second-order valence-corrected chi connectivity index (χ2v) is 12.6. The normalized spacial score (nSPS) is 26.2. The van der Waals surface area contributed by atoms with Crippen molar-refractivity contribution in [3.8, 4) is 5.75 Å². The third kappa shape index (κ3) is 5.17. The standard InChI is InChI=1S/C34H32B2N2O10/c39-13-14-48-23-9-7-18(8-10-23)28-24-11-12-25-29(33(42)37(31(25)40)21-5-1-3-19(15-21)35(44)45)26(24)17-27-30(28)34(43)38(32(27)41)22-6-2-4-20(16-22)36(46)47/h1-11,15-16,25-30,39,44-47H,12-14,17H2/t25-,26+,27+,28-,29-,30+/m0/s1. The Morgan fingerprint density at radius 2 is 1.25 bits per heavy atom. The summed E-state index contributed by atoms with van der Waals surface area (Å²) in [6.07, 6.45) is 2.32. The van der Waals surface area contributed by atoms with Gasteiger partial charge in [-0.05, 0) is 71.6 Å². The molecule has 5 N–H and O–H groups in total. The maximum Gasteiger partial charge on any atom is 0.488 e. The van der Waals surface area contributed by atoms with E-state index >= 15 is 0 Å². The zero-order valence-electron chi connectivity index (χ0n) is 25.6. The van der Waals surface area contributed by atoms with Crippen molar-refractivity contribution in [2.24, 2.45) is 29.6 Å². The lowest BCUT2D eigenvalue weighted by molar-refractivity contribution is -0.126. The molecule has 3 aromatic carbocycles. The molecule has 12 nitrogen and oxygen atoms in total. The molecule has 6 atom stereocenters. The number of carbonyl (C=O) groups is 4. The second kappa shape index (κ2) is 12.5. The summed E-state index contributed by atoms with van der Waals surface area (Å²) in [5.41, 5.74) is 2.19. The molecule has 0 aromatic heterocycles. The number of imide groups is 2. The quantitative estimate of drug-likeness (QED) is 0.121. The van der Waals surface area contributed by atoms with E-state index in [0.29, 0.717) is 5.75 Å². The minimum absolute atomic E-state index is 0.0974. The van der Waals surface area contributed by atoms with Crippen LogP contribution in [-0.2, 0) is 19.2 Å². The first-order chi connectivity index (χ1) is 23.1. The van der Waals surface area contributed by atoms with Crippen molar-refractivity contribution in [1.82, 2.24) is 0 Å². The molecule has 0 unspecified atom stereocenters. The van der Waals surface area contributed by atoms with Gasteiger partial charge in [-0.2, -0.15) is 0 Å². The van der Waals surface area contributed by atoms with Gasteiger partial charge in [-0.15, -0.1) is 0 Å². The molecule has 1 saturated carbocycles. The van der Waals surface area contributed by atoms with Crippen LogP contribution >= 0.6 is 0 Å². The Hall–Kier alpha value is -4.59. The molecule has 4 aliphatic rings. The lowest BCUT2D eigenvalue weighted by Gasteiger charge is -2.44. The molecule has 2 aliphatic heterocycles. The number of benzene rings is 3. The first-order valence-electron chi connectivity index (χ1n) is 15.8. The first-order valence-corrected chi connectivity index (χ1v) is 15.8. The van der Waals surface area contributed by atoms with E-state index in [1.54, 1.807) is 36.4 Å². The molecule has 2 saturated heterocycles. The molecule has 3 fully saturated rings. The van der Waals surface area contributed by atoms with Gasteiger partial charge in [-0.3, -0.25) is 29.0 Å². The number of rotatable bonds is 8. The summed E-state index contributed by atoms with van der Waals surface area (Å²) in [6, 6.07) is 18.9. The van der Waals surface area contributed by atoms with E-state index in [4.69, 9.17) is 4.74 Å². The Kier molecular flexibility index (Phi) is 8.30. The molecular formula is C34H32B2N2O10. The van der Waals surface area contributed by atoms with Crippen molar-refractivity contribution in [2.75, 3.05) is 23.0 Å². The van der Waals surface area contributed by atoms with Crippen molar-refractivity contribution in [3.05, 3.63) is 90.0 Å². The highest BCUT2D eigenvalue weighted by molar-refractivity contribution is 6.59. The number of amides is 4. The van der Waals surface area contributed by atoms with Crippen LogP contribution in [0, 0.1) is 29.6 Å². The summed E-state index contributed by atoms with van der Waals surface area (Å²) < 4.78 is 5.54. The van der Waals surface area contributed by atoms with E-state index in [-0.39, 0.29) is 48.4 Å². The van der Waals surface area contributed by atoms with Crippen LogP contribution in [0.2, 0.25) is 0 Å². The predicted octanol–water partition coefficient (Wildman–Crippen LogP) is -0.537. The highest BCUT2D eigenvalue weighted by Gasteiger charge is 2.62. The Labute approximate surface area is 276 Å². The summed E-state index contributed by atoms with van der Waals surface area (Å²) in [4.78, 5) is 58.7. The van der Waals surface area contributed by atoms with Crippen LogP contribution in [0.4, 0.5) is 11.4 Å². The second-order valence-electron chi connectivity index (χ2n) is 12.6. The fourth-order valence-electron chi connectivity index (χ4n) is 8.06. The third-order valence-electron chi connectivity index (χ3n) is 10.1. The molecular weight excluding hydrogens is 618 g/mol. The van der Waals surface area contributed by atoms with Gasteiger partial charge in [0.1, 0.15) is 12.4 Å². The van der Waals surface area contributed by atoms with E-state index in [1.165, 1.54) is 36.4 Å². The van der Waals surface area contributed by atoms with Crippen LogP contribution in [0.1, 0.15) is 24.3 Å². The zero-order valence-corrected chi connectivity index (χ0v) is 25.6. The van der Waals surface area contributed by atoms with Crippen LogP contribution in [-0.4, -0.2) is 76.3 Å². The molecule has 2 aliphatic carbocycles. The highest BCUT2D eigenvalue weighted by Crippen LogP contribution is 2.58. The highest BCUT2D eigenvalue weighted by atomic mass is 16.5. The molecule has 48 heavy (non-hydrogen) atoms. The minimum atomic E-state index is -1.81. The number of aliphatic hydroxyl groups excluding tert-OH is 1. The molecule has 244 valence electrons. The van der Waals surface area contributed by atoms with E-state index in [9.17, 15) is 44.4 Å². The molecule has 4 amide bonds. The van der Waals surface area contributed by atoms with Crippen molar-refractivity contribution in [3.63, 3.8) is 0 Å². The molecule has 0 radical (unpaired) electrons. The molecule has 0 bridgehead atoms. The molecule has 0 spiro atoms. The molecule has 7 rings (SSSR count). The lowest BCUT2D eigenvalue weighted by atomic mass is 9.57. The first kappa shape index (κ1) is 32.0. The largest absolute Gasteiger partial charge is 0.491 e. The van der Waals surface area contributed by atoms with Crippen molar-refractivity contribution in [2.45, 2.75) is 18.8 Å². The number of hydrogen-bond acceptors (Lipinski definition) is 10. The van der Waals surface area contributed by atoms with E-state index in [1.807, 2.05) is 6.08 Å². The zero-order chi connectivity index (χ0) is 33.9. The van der Waals surface area contributed by atoms with Crippen molar-refractivity contribution in [1.29, 1.82) is 0 Å². The third-order valence-corrected chi connectivity index (χ3v) is 10.1. The number of nitrogens with zero attached hydrogens (tertiary/aromatic N) is 2. The average Bonchev–Trinajstić information content (AvgIpc) is 3.50. The fraction of sp³-hybridized carbons (Fsp3) is 0.294. The van der Waals surface area contributed by atoms with E-state index < -0.39 is 73.4 Å². The molecule has 2 heterocycles. The number of aliphatic hydroxyl groups is 1. The molecule has 3 aromatic rings. The Morgan fingerprint density at radius 3 is 1.81 bits per heavy atom. The van der Waals surface area contributed by atoms with E-state index in [2.05, 4.69) is 0 Å². The van der Waals surface area contributed by atoms with Gasteiger partial charge >= 0.3 is 14.2 Å². The van der Waals surface area contributed by atoms with Crippen LogP contribution in [0.15, 0.2) is 84.4 Å². The Morgan fingerprint density at radius 1 is 0.688 bits per heavy atom. The number of allylic oxidation sites excluding steroid dienone is 2. The topological polar surface area (TPSA) is 185 Å². The van der Waals surface area contributed by atoms with Gasteiger partial charge in [0.25, 0.3) is 0 Å². The van der Waals surface area contributed by atoms with Gasteiger partial charge in [0.15, 0.2) is 0 Å². The summed E-state index contributed by atoms with van der Waals surface area (Å²) in [7, 11) is -3.60. The summed E-state index contributed by atoms with van der Waals surface area (Å²) in [6.45, 7) is -0.0685. The van der Waals surface area contributed by atoms with Gasteiger partial charge in [0.2, 0.25) is 23.6 Å². The monoisotopic (exact) mass is 650 g/mol. The van der Waals surface area contributed by atoms with Crippen LogP contribution in [0.3, 0.4) is 0 Å². The van der Waals surface area contributed by atoms with Gasteiger partial charge in [-0.25, -0.2) is 0 Å². The lowest BCUT2D eigenvalue weighted by Crippen LogP contribution is -2.43. The predicted molar refractivity (Wildman–Crippen MR) is 174 cm³/mol. The maximum absolute atomic E-state index is 14.3. The van der Waals surface area contributed by atoms with Crippen LogP contribution in [0.25, 0.3) is 0 Å². The maximum atomic E-state index is 14.3. The van der Waals surface area contributed by atoms with Crippen LogP contribution < -0.4 is 25.5 Å². The van der Waals surface area contributed by atoms with Gasteiger partial charge in [-0.1, -0.05) is 48.0 Å². The van der Waals surface area contributed by atoms with Gasteiger partial charge in [0.05, 0.1) is 41.7 Å². The average molecular weight is 650 g/mol. The number of hydrogen-bond donors (Lipinski definition) is 5. The smallest absolute Gasteiger partial charge is 0.488 e. The SMILES string of the molecule is O=C1[C@H]2[C@H](CC=C3[C@H]2C[C@H]2C(=O)N(c4cccc(B(O)O)c4)C(=O)[C@H]2[C@H]3c2ccc(OCCO)cc2)C(=O)N1c1cccc(B(O)O)c1. The fourth-order valence-corrected chi connectivity index (χ4v) is 8.06. The van der Waals surface area contributed by atoms with Gasteiger partial charge in [0, 0.05) is 5.92 Å².